The van der Waals surface area contributed by atoms with Crippen LogP contribution in [0.2, 0.25) is 0 Å². The van der Waals surface area contributed by atoms with E-state index in [1.54, 1.807) is 6.92 Å². The molecule has 1 amide bonds. The van der Waals surface area contributed by atoms with E-state index in [4.69, 9.17) is 9.84 Å². The largest absolute Gasteiger partial charge is 0.493 e. The van der Waals surface area contributed by atoms with Crippen LogP contribution in [0.5, 0.6) is 5.75 Å². The first-order valence-electron chi connectivity index (χ1n) is 6.87. The molecule has 1 aromatic carbocycles. The highest BCUT2D eigenvalue weighted by Gasteiger charge is 2.10. The molecule has 0 bridgehead atoms. The maximum absolute atomic E-state index is 12.7. The number of rotatable bonds is 9. The van der Waals surface area contributed by atoms with Crippen LogP contribution >= 0.6 is 0 Å². The molecule has 21 heavy (non-hydrogen) atoms. The second-order valence-corrected chi connectivity index (χ2v) is 4.78. The first-order chi connectivity index (χ1) is 9.99. The molecule has 6 heteroatoms. The van der Waals surface area contributed by atoms with Gasteiger partial charge < -0.3 is 15.2 Å². The molecule has 0 saturated heterocycles. The summed E-state index contributed by atoms with van der Waals surface area (Å²) < 4.78 is 18.0. The van der Waals surface area contributed by atoms with Crippen LogP contribution in [0.1, 0.15) is 26.2 Å². The van der Waals surface area contributed by atoms with Crippen molar-refractivity contribution in [3.05, 3.63) is 30.1 Å². The lowest BCUT2D eigenvalue weighted by Crippen LogP contribution is -2.26. The normalized spacial score (nSPS) is 11.7. The SMILES string of the molecule is CC(CCCNC(=O)CCOc1ccc(F)cc1)C(=O)O. The molecule has 0 aliphatic rings. The van der Waals surface area contributed by atoms with E-state index in [2.05, 4.69) is 5.32 Å². The van der Waals surface area contributed by atoms with Gasteiger partial charge in [0, 0.05) is 6.54 Å². The van der Waals surface area contributed by atoms with Crippen molar-refractivity contribution < 1.29 is 23.8 Å². The summed E-state index contributed by atoms with van der Waals surface area (Å²) in [5.74, 6) is -1.20. The second kappa shape index (κ2) is 8.94. The number of carboxylic acids is 1. The summed E-state index contributed by atoms with van der Waals surface area (Å²) in [5.41, 5.74) is 0. The van der Waals surface area contributed by atoms with E-state index >= 15 is 0 Å². The fraction of sp³-hybridized carbons (Fsp3) is 0.467. The third-order valence-corrected chi connectivity index (χ3v) is 2.97. The van der Waals surface area contributed by atoms with Gasteiger partial charge in [0.2, 0.25) is 5.91 Å². The van der Waals surface area contributed by atoms with Gasteiger partial charge in [0.15, 0.2) is 0 Å². The second-order valence-electron chi connectivity index (χ2n) is 4.78. The lowest BCUT2D eigenvalue weighted by molar-refractivity contribution is -0.141. The smallest absolute Gasteiger partial charge is 0.306 e. The summed E-state index contributed by atoms with van der Waals surface area (Å²) in [7, 11) is 0. The van der Waals surface area contributed by atoms with Gasteiger partial charge in [-0.25, -0.2) is 4.39 Å². The first-order valence-corrected chi connectivity index (χ1v) is 6.87. The first kappa shape index (κ1) is 16.9. The van der Waals surface area contributed by atoms with Crippen molar-refractivity contribution in [1.82, 2.24) is 5.32 Å². The summed E-state index contributed by atoms with van der Waals surface area (Å²) in [6.07, 6.45) is 1.35. The summed E-state index contributed by atoms with van der Waals surface area (Å²) in [6, 6.07) is 5.58. The molecule has 0 fully saturated rings. The molecule has 2 N–H and O–H groups in total. The van der Waals surface area contributed by atoms with Crippen LogP contribution in [0.15, 0.2) is 24.3 Å². The highest BCUT2D eigenvalue weighted by atomic mass is 19.1. The number of hydrogen-bond donors (Lipinski definition) is 2. The molecule has 1 aromatic rings. The highest BCUT2D eigenvalue weighted by molar-refractivity contribution is 5.76. The predicted molar refractivity (Wildman–Crippen MR) is 75.6 cm³/mol. The Morgan fingerprint density at radius 1 is 1.33 bits per heavy atom. The molecule has 1 atom stereocenters. The van der Waals surface area contributed by atoms with Crippen molar-refractivity contribution in [1.29, 1.82) is 0 Å². The zero-order chi connectivity index (χ0) is 15.7. The van der Waals surface area contributed by atoms with Crippen LogP contribution < -0.4 is 10.1 Å². The number of benzene rings is 1. The molecule has 1 rings (SSSR count). The van der Waals surface area contributed by atoms with Gasteiger partial charge in [-0.3, -0.25) is 9.59 Å². The minimum absolute atomic E-state index is 0.153. The molecular formula is C15H20FNO4. The summed E-state index contributed by atoms with van der Waals surface area (Å²) in [6.45, 7) is 2.30. The molecular weight excluding hydrogens is 277 g/mol. The molecule has 116 valence electrons. The van der Waals surface area contributed by atoms with Crippen molar-refractivity contribution in [2.75, 3.05) is 13.2 Å². The van der Waals surface area contributed by atoms with Gasteiger partial charge in [-0.1, -0.05) is 6.92 Å². The Morgan fingerprint density at radius 3 is 2.62 bits per heavy atom. The molecule has 0 aromatic heterocycles. The number of aliphatic carboxylic acids is 1. The summed E-state index contributed by atoms with van der Waals surface area (Å²) in [4.78, 5) is 22.1. The van der Waals surface area contributed by atoms with Crippen molar-refractivity contribution in [2.24, 2.45) is 5.92 Å². The Hall–Kier alpha value is -2.11. The molecule has 0 aliphatic carbocycles. The van der Waals surface area contributed by atoms with E-state index in [1.807, 2.05) is 0 Å². The van der Waals surface area contributed by atoms with E-state index < -0.39 is 11.9 Å². The number of halogens is 1. The van der Waals surface area contributed by atoms with E-state index in [0.717, 1.165) is 0 Å². The highest BCUT2D eigenvalue weighted by Crippen LogP contribution is 2.11. The maximum Gasteiger partial charge on any atom is 0.306 e. The summed E-state index contributed by atoms with van der Waals surface area (Å²) >= 11 is 0. The van der Waals surface area contributed by atoms with Gasteiger partial charge in [0.05, 0.1) is 18.9 Å². The Balaban J connectivity index is 2.09. The zero-order valence-corrected chi connectivity index (χ0v) is 12.0. The Labute approximate surface area is 123 Å². The number of nitrogens with one attached hydrogen (secondary N) is 1. The van der Waals surface area contributed by atoms with Gasteiger partial charge in [0.1, 0.15) is 11.6 Å². The maximum atomic E-state index is 12.7. The standard InChI is InChI=1S/C15H20FNO4/c1-11(15(19)20)3-2-9-17-14(18)8-10-21-13-6-4-12(16)5-7-13/h4-7,11H,2-3,8-10H2,1H3,(H,17,18)(H,19,20). The van der Waals surface area contributed by atoms with Crippen molar-refractivity contribution in [3.8, 4) is 5.75 Å². The van der Waals surface area contributed by atoms with Crippen LogP contribution in [-0.2, 0) is 9.59 Å². The minimum Gasteiger partial charge on any atom is -0.493 e. The van der Waals surface area contributed by atoms with Crippen LogP contribution in [0.3, 0.4) is 0 Å². The topological polar surface area (TPSA) is 75.6 Å². The van der Waals surface area contributed by atoms with Gasteiger partial charge >= 0.3 is 5.97 Å². The molecule has 0 saturated carbocycles. The van der Waals surface area contributed by atoms with Gasteiger partial charge in [-0.05, 0) is 37.1 Å². The quantitative estimate of drug-likeness (QED) is 0.685. The zero-order valence-electron chi connectivity index (χ0n) is 12.0. The predicted octanol–water partition coefficient (Wildman–Crippen LogP) is 2.21. The fourth-order valence-electron chi connectivity index (χ4n) is 1.64. The Kier molecular flexibility index (Phi) is 7.21. The molecule has 1 unspecified atom stereocenters. The number of amides is 1. The Morgan fingerprint density at radius 2 is 2.00 bits per heavy atom. The lowest BCUT2D eigenvalue weighted by atomic mass is 10.1. The van der Waals surface area contributed by atoms with Gasteiger partial charge in [-0.15, -0.1) is 0 Å². The van der Waals surface area contributed by atoms with Crippen LogP contribution in [0.25, 0.3) is 0 Å². The van der Waals surface area contributed by atoms with Crippen molar-refractivity contribution in [3.63, 3.8) is 0 Å². The van der Waals surface area contributed by atoms with E-state index in [-0.39, 0.29) is 24.8 Å². The third kappa shape index (κ3) is 7.29. The lowest BCUT2D eigenvalue weighted by Gasteiger charge is -2.08. The third-order valence-electron chi connectivity index (χ3n) is 2.97. The number of carbonyl (C=O) groups is 2. The van der Waals surface area contributed by atoms with Gasteiger partial charge in [-0.2, -0.15) is 0 Å². The number of carboxylic acid groups (broad SMARTS) is 1. The average molecular weight is 297 g/mol. The molecule has 5 nitrogen and oxygen atoms in total. The molecule has 0 aliphatic heterocycles. The fourth-order valence-corrected chi connectivity index (χ4v) is 1.64. The van der Waals surface area contributed by atoms with E-state index in [1.165, 1.54) is 24.3 Å². The Bertz CT molecular complexity index is 461. The van der Waals surface area contributed by atoms with E-state index in [9.17, 15) is 14.0 Å². The van der Waals surface area contributed by atoms with E-state index in [0.29, 0.717) is 25.1 Å². The molecule has 0 spiro atoms. The number of ether oxygens (including phenoxy) is 1. The van der Waals surface area contributed by atoms with Crippen molar-refractivity contribution >= 4 is 11.9 Å². The summed E-state index contributed by atoms with van der Waals surface area (Å²) in [5, 5.41) is 11.4. The van der Waals surface area contributed by atoms with Crippen LogP contribution in [0.4, 0.5) is 4.39 Å². The molecule has 0 radical (unpaired) electrons. The van der Waals surface area contributed by atoms with Crippen molar-refractivity contribution in [2.45, 2.75) is 26.2 Å². The number of hydrogen-bond acceptors (Lipinski definition) is 3. The minimum atomic E-state index is -0.825. The van der Waals surface area contributed by atoms with Gasteiger partial charge in [0.25, 0.3) is 0 Å². The van der Waals surface area contributed by atoms with Crippen LogP contribution in [-0.4, -0.2) is 30.1 Å². The average Bonchev–Trinajstić information content (AvgIpc) is 2.45. The van der Waals surface area contributed by atoms with Crippen LogP contribution in [0, 0.1) is 11.7 Å². The number of carbonyl (C=O) groups excluding carboxylic acids is 1. The molecule has 0 heterocycles. The monoisotopic (exact) mass is 297 g/mol.